The van der Waals surface area contributed by atoms with Gasteiger partial charge in [0.15, 0.2) is 0 Å². The lowest BCUT2D eigenvalue weighted by molar-refractivity contribution is -0.127. The van der Waals surface area contributed by atoms with E-state index in [4.69, 9.17) is 4.42 Å². The van der Waals surface area contributed by atoms with Crippen molar-refractivity contribution in [3.8, 4) is 0 Å². The van der Waals surface area contributed by atoms with Crippen molar-refractivity contribution < 1.29 is 18.8 Å². The lowest BCUT2D eigenvalue weighted by Gasteiger charge is -2.38. The van der Waals surface area contributed by atoms with Crippen LogP contribution in [0.2, 0.25) is 0 Å². The maximum absolute atomic E-state index is 13.2. The number of aryl methyl sites for hydroxylation is 1. The van der Waals surface area contributed by atoms with Gasteiger partial charge in [-0.2, -0.15) is 0 Å². The molecule has 1 saturated carbocycles. The summed E-state index contributed by atoms with van der Waals surface area (Å²) >= 11 is 0. The van der Waals surface area contributed by atoms with Crippen LogP contribution in [0.15, 0.2) is 46.9 Å². The molecule has 3 aromatic rings. The fourth-order valence-electron chi connectivity index (χ4n) is 5.67. The number of rotatable bonds is 10. The number of likely N-dealkylation sites (tertiary alicyclic amines) is 1. The molecule has 3 amide bonds. The Balaban J connectivity index is 1.15. The molecule has 0 spiro atoms. The van der Waals surface area contributed by atoms with Crippen LogP contribution < -0.4 is 20.4 Å². The number of carbonyl (C=O) groups is 3. The molecule has 6 rings (SSSR count). The third-order valence-electron chi connectivity index (χ3n) is 8.21. The average molecular weight is 572 g/mol. The number of para-hydroxylation sites is 1. The zero-order chi connectivity index (χ0) is 29.1. The van der Waals surface area contributed by atoms with E-state index < -0.39 is 5.91 Å². The number of hydrogen-bond acceptors (Lipinski definition) is 8. The van der Waals surface area contributed by atoms with Crippen molar-refractivity contribution >= 4 is 34.8 Å². The summed E-state index contributed by atoms with van der Waals surface area (Å²) in [6.07, 6.45) is 4.18. The Labute approximate surface area is 245 Å². The van der Waals surface area contributed by atoms with E-state index in [0.29, 0.717) is 43.1 Å². The summed E-state index contributed by atoms with van der Waals surface area (Å²) in [5, 5.41) is 13.9. The second kappa shape index (κ2) is 12.2. The summed E-state index contributed by atoms with van der Waals surface area (Å²) in [6.45, 7) is 7.17. The van der Waals surface area contributed by atoms with Gasteiger partial charge in [0.25, 0.3) is 5.91 Å². The first kappa shape index (κ1) is 27.7. The predicted octanol–water partition coefficient (Wildman–Crippen LogP) is 3.58. The van der Waals surface area contributed by atoms with Crippen molar-refractivity contribution in [2.24, 2.45) is 0 Å². The predicted molar refractivity (Wildman–Crippen MR) is 159 cm³/mol. The van der Waals surface area contributed by atoms with Gasteiger partial charge < -0.3 is 29.8 Å². The first-order valence-electron chi connectivity index (χ1n) is 14.9. The third-order valence-corrected chi connectivity index (χ3v) is 8.21. The number of benzene rings is 2. The second-order valence-corrected chi connectivity index (χ2v) is 11.3. The molecule has 3 aliphatic rings. The van der Waals surface area contributed by atoms with Crippen molar-refractivity contribution in [2.75, 3.05) is 60.9 Å². The van der Waals surface area contributed by atoms with Crippen LogP contribution in [-0.4, -0.2) is 78.6 Å². The van der Waals surface area contributed by atoms with E-state index in [1.54, 1.807) is 12.1 Å². The first-order valence-corrected chi connectivity index (χ1v) is 14.9. The van der Waals surface area contributed by atoms with Crippen molar-refractivity contribution in [1.82, 2.24) is 20.4 Å². The van der Waals surface area contributed by atoms with Crippen LogP contribution in [0.25, 0.3) is 0 Å². The quantitative estimate of drug-likeness (QED) is 0.354. The molecule has 1 aromatic heterocycles. The van der Waals surface area contributed by atoms with Gasteiger partial charge in [0.1, 0.15) is 0 Å². The topological polar surface area (TPSA) is 124 Å². The average Bonchev–Trinajstić information content (AvgIpc) is 3.59. The minimum atomic E-state index is -0.498. The van der Waals surface area contributed by atoms with E-state index in [2.05, 4.69) is 55.8 Å². The van der Waals surface area contributed by atoms with E-state index in [1.807, 2.05) is 17.0 Å². The minimum absolute atomic E-state index is 0.0847. The number of piperazine rings is 1. The van der Waals surface area contributed by atoms with Gasteiger partial charge in [-0.05, 0) is 62.4 Å². The van der Waals surface area contributed by atoms with Crippen LogP contribution in [0.3, 0.4) is 0 Å². The Morgan fingerprint density at radius 2 is 1.71 bits per heavy atom. The molecule has 3 fully saturated rings. The normalized spacial score (nSPS) is 17.1. The van der Waals surface area contributed by atoms with Crippen molar-refractivity contribution in [3.63, 3.8) is 0 Å². The van der Waals surface area contributed by atoms with Gasteiger partial charge in [0.2, 0.25) is 11.8 Å². The molecule has 0 atom stereocenters. The molecule has 42 heavy (non-hydrogen) atoms. The van der Waals surface area contributed by atoms with Crippen LogP contribution >= 0.6 is 0 Å². The molecule has 2 saturated heterocycles. The fourth-order valence-corrected chi connectivity index (χ4v) is 5.67. The molecular weight excluding hydrogens is 534 g/mol. The van der Waals surface area contributed by atoms with Gasteiger partial charge in [0.05, 0.1) is 11.4 Å². The van der Waals surface area contributed by atoms with Crippen LogP contribution in [-0.2, 0) is 4.79 Å². The zero-order valence-corrected chi connectivity index (χ0v) is 24.0. The number of amides is 3. The van der Waals surface area contributed by atoms with Gasteiger partial charge >= 0.3 is 11.8 Å². The highest BCUT2D eigenvalue weighted by Crippen LogP contribution is 2.39. The van der Waals surface area contributed by atoms with Gasteiger partial charge in [-0.25, -0.2) is 0 Å². The molecule has 3 heterocycles. The number of anilines is 3. The number of aromatic nitrogens is 2. The van der Waals surface area contributed by atoms with E-state index >= 15 is 0 Å². The fraction of sp³-hybridized carbons (Fsp3) is 0.452. The smallest absolute Gasteiger partial charge is 0.313 e. The highest BCUT2D eigenvalue weighted by molar-refractivity contribution is 6.04. The van der Waals surface area contributed by atoms with Crippen molar-refractivity contribution in [2.45, 2.75) is 44.9 Å². The Morgan fingerprint density at radius 1 is 0.952 bits per heavy atom. The second-order valence-electron chi connectivity index (χ2n) is 11.3. The summed E-state index contributed by atoms with van der Waals surface area (Å²) in [5.41, 5.74) is 4.26. The maximum Gasteiger partial charge on any atom is 0.313 e. The molecule has 1 aliphatic carbocycles. The molecule has 2 aliphatic heterocycles. The Morgan fingerprint density at radius 3 is 2.43 bits per heavy atom. The van der Waals surface area contributed by atoms with Gasteiger partial charge in [-0.1, -0.05) is 18.2 Å². The Kier molecular flexibility index (Phi) is 8.07. The van der Waals surface area contributed by atoms with Crippen LogP contribution in [0, 0.1) is 6.92 Å². The highest BCUT2D eigenvalue weighted by atomic mass is 16.4. The molecule has 11 nitrogen and oxygen atoms in total. The van der Waals surface area contributed by atoms with Gasteiger partial charge in [0, 0.05) is 69.4 Å². The molecule has 0 bridgehead atoms. The summed E-state index contributed by atoms with van der Waals surface area (Å²) in [7, 11) is 0. The lowest BCUT2D eigenvalue weighted by atomic mass is 10.1. The summed E-state index contributed by atoms with van der Waals surface area (Å²) < 4.78 is 5.63. The van der Waals surface area contributed by atoms with Gasteiger partial charge in [-0.3, -0.25) is 14.4 Å². The Hall–Kier alpha value is -4.41. The molecule has 2 aromatic carbocycles. The first-order chi connectivity index (χ1) is 20.5. The van der Waals surface area contributed by atoms with Crippen LogP contribution in [0.4, 0.5) is 17.1 Å². The highest BCUT2D eigenvalue weighted by Gasteiger charge is 2.31. The molecule has 0 unspecified atom stereocenters. The molecule has 220 valence electrons. The minimum Gasteiger partial charge on any atom is -0.417 e. The standard InChI is InChI=1S/C31H37N7O4/c1-21-6-2-3-7-25(21)36-16-18-37(19-17-36)26-12-11-23(28(40)32-13-5-15-38-14-4-8-27(38)39)20-24(26)33-29(41)31-35-34-30(42-31)22-9-10-22/h2-3,6-7,11-12,20,22H,4-5,8-10,13-19H2,1H3,(H,32,40)(H,33,41). The summed E-state index contributed by atoms with van der Waals surface area (Å²) in [6, 6.07) is 13.8. The third kappa shape index (κ3) is 6.24. The molecule has 2 N–H and O–H groups in total. The largest absolute Gasteiger partial charge is 0.417 e. The van der Waals surface area contributed by atoms with Crippen molar-refractivity contribution in [3.05, 3.63) is 65.4 Å². The van der Waals surface area contributed by atoms with Crippen LogP contribution in [0.1, 0.15) is 70.5 Å². The van der Waals surface area contributed by atoms with Crippen LogP contribution in [0.5, 0.6) is 0 Å². The van der Waals surface area contributed by atoms with E-state index in [9.17, 15) is 14.4 Å². The molecule has 11 heteroatoms. The molecular formula is C31H37N7O4. The number of nitrogens with one attached hydrogen (secondary N) is 2. The van der Waals surface area contributed by atoms with E-state index in [1.165, 1.54) is 11.3 Å². The van der Waals surface area contributed by atoms with Gasteiger partial charge in [-0.15, -0.1) is 10.2 Å². The van der Waals surface area contributed by atoms with E-state index in [0.717, 1.165) is 57.7 Å². The Bertz CT molecular complexity index is 1460. The van der Waals surface area contributed by atoms with Crippen molar-refractivity contribution in [1.29, 1.82) is 0 Å². The number of carbonyl (C=O) groups excluding carboxylic acids is 3. The number of nitrogens with zero attached hydrogens (tertiary/aromatic N) is 5. The zero-order valence-electron chi connectivity index (χ0n) is 24.0. The maximum atomic E-state index is 13.2. The summed E-state index contributed by atoms with van der Waals surface area (Å²) in [4.78, 5) is 44.5. The SMILES string of the molecule is Cc1ccccc1N1CCN(c2ccc(C(=O)NCCCN3CCCC3=O)cc2NC(=O)c2nnc(C3CC3)o2)CC1. The summed E-state index contributed by atoms with van der Waals surface area (Å²) in [5.74, 6) is 0.109. The van der Waals surface area contributed by atoms with E-state index in [-0.39, 0.29) is 23.6 Å². The monoisotopic (exact) mass is 571 g/mol. The number of hydrogen-bond donors (Lipinski definition) is 2. The molecule has 0 radical (unpaired) electrons. The lowest BCUT2D eigenvalue weighted by Crippen LogP contribution is -2.47.